The summed E-state index contributed by atoms with van der Waals surface area (Å²) in [5, 5.41) is 8.97. The molecule has 6 aliphatic rings. The summed E-state index contributed by atoms with van der Waals surface area (Å²) >= 11 is 1.36. The van der Waals surface area contributed by atoms with Crippen LogP contribution in [-0.4, -0.2) is 129 Å². The van der Waals surface area contributed by atoms with Gasteiger partial charge >= 0.3 is 0 Å². The smallest absolute Gasteiger partial charge is 0.159 e. The van der Waals surface area contributed by atoms with Gasteiger partial charge in [0.15, 0.2) is 9.84 Å². The third-order valence-electron chi connectivity index (χ3n) is 10.6. The Hall–Kier alpha value is -0.370. The second-order valence-corrected chi connectivity index (χ2v) is 17.5. The molecular formula is C28H47F5N6O4S2. The van der Waals surface area contributed by atoms with E-state index in [-0.39, 0.29) is 62.7 Å². The van der Waals surface area contributed by atoms with Crippen LogP contribution < -0.4 is 26.8 Å². The lowest BCUT2D eigenvalue weighted by atomic mass is 9.80. The van der Waals surface area contributed by atoms with Crippen LogP contribution >= 0.6 is 11.8 Å². The van der Waals surface area contributed by atoms with Gasteiger partial charge in [-0.2, -0.15) is 0 Å². The van der Waals surface area contributed by atoms with Gasteiger partial charge in [-0.1, -0.05) is 0 Å². The minimum atomic E-state index is -4.26. The standard InChI is InChI=1S/C28H47F5N6O4S2/c1-14-11-20(38-37-14)34-25-24(42-2)26(39-7-9-43-10-8-39)36-27(35-25)44-19-4-3-15(12-16(19)29)45(40,41)28(5-6-28)21-22(32)17(30)13-18(31)23(21)33/h14-27,34-38H,3-13H2,1-2H3. The molecule has 0 spiro atoms. The van der Waals surface area contributed by atoms with Crippen molar-refractivity contribution in [1.29, 1.82) is 0 Å². The molecule has 3 aliphatic carbocycles. The predicted molar refractivity (Wildman–Crippen MR) is 161 cm³/mol. The Morgan fingerprint density at radius 1 is 0.933 bits per heavy atom. The topological polar surface area (TPSA) is 116 Å². The van der Waals surface area contributed by atoms with Crippen LogP contribution in [0.4, 0.5) is 22.0 Å². The summed E-state index contributed by atoms with van der Waals surface area (Å²) in [4.78, 5) is 2.25. The molecule has 13 atom stereocenters. The number of sulfone groups is 1. The minimum Gasteiger partial charge on any atom is -0.379 e. The zero-order chi connectivity index (χ0) is 32.1. The highest BCUT2D eigenvalue weighted by molar-refractivity contribution is 8.00. The van der Waals surface area contributed by atoms with Gasteiger partial charge in [-0.05, 0) is 45.4 Å². The first-order valence-corrected chi connectivity index (χ1v) is 18.7. The Morgan fingerprint density at radius 2 is 1.62 bits per heavy atom. The molecule has 3 saturated carbocycles. The molecule has 13 unspecified atom stereocenters. The molecule has 3 heterocycles. The van der Waals surface area contributed by atoms with Gasteiger partial charge in [0.05, 0.1) is 41.7 Å². The molecule has 0 amide bonds. The van der Waals surface area contributed by atoms with Crippen LogP contribution in [-0.2, 0) is 19.3 Å². The number of hydrazine groups is 1. The zero-order valence-corrected chi connectivity index (χ0v) is 27.3. The van der Waals surface area contributed by atoms with Gasteiger partial charge < -0.3 is 9.47 Å². The molecule has 5 N–H and O–H groups in total. The molecule has 0 aromatic carbocycles. The first-order valence-electron chi connectivity index (χ1n) is 16.2. The Kier molecular flexibility index (Phi) is 10.6. The zero-order valence-electron chi connectivity index (χ0n) is 25.6. The fourth-order valence-corrected chi connectivity index (χ4v) is 12.2. The van der Waals surface area contributed by atoms with Crippen LogP contribution in [0.2, 0.25) is 0 Å². The summed E-state index contributed by atoms with van der Waals surface area (Å²) in [6.45, 7) is 4.64. The highest BCUT2D eigenvalue weighted by Crippen LogP contribution is 2.58. The van der Waals surface area contributed by atoms with Crippen LogP contribution in [0, 0.1) is 5.92 Å². The molecule has 6 rings (SSSR count). The third-order valence-corrected chi connectivity index (χ3v) is 15.2. The van der Waals surface area contributed by atoms with Gasteiger partial charge in [-0.3, -0.25) is 26.3 Å². The minimum absolute atomic E-state index is 0.0223. The van der Waals surface area contributed by atoms with Crippen LogP contribution in [0.25, 0.3) is 0 Å². The fraction of sp³-hybridized carbons (Fsp3) is 1.00. The maximum absolute atomic E-state index is 15.9. The van der Waals surface area contributed by atoms with Crippen molar-refractivity contribution in [1.82, 2.24) is 31.7 Å². The number of rotatable bonds is 9. The average Bonchev–Trinajstić information content (AvgIpc) is 3.73. The summed E-state index contributed by atoms with van der Waals surface area (Å²) < 4.78 is 111. The molecule has 17 heteroatoms. The van der Waals surface area contributed by atoms with Crippen molar-refractivity contribution in [3.8, 4) is 0 Å². The average molecular weight is 691 g/mol. The molecule has 260 valence electrons. The Bertz CT molecular complexity index is 1110. The predicted octanol–water partition coefficient (Wildman–Crippen LogP) is 1.58. The number of nitrogens with zero attached hydrogens (tertiary/aromatic N) is 1. The van der Waals surface area contributed by atoms with Gasteiger partial charge in [-0.25, -0.2) is 35.8 Å². The van der Waals surface area contributed by atoms with Crippen molar-refractivity contribution >= 4 is 21.6 Å². The summed E-state index contributed by atoms with van der Waals surface area (Å²) in [6, 6.07) is 0.278. The number of halogens is 5. The summed E-state index contributed by atoms with van der Waals surface area (Å²) in [5.41, 5.74) is 6.05. The van der Waals surface area contributed by atoms with Crippen LogP contribution in [0.15, 0.2) is 0 Å². The van der Waals surface area contributed by atoms with E-state index < -0.39 is 73.8 Å². The molecule has 10 nitrogen and oxygen atoms in total. The monoisotopic (exact) mass is 690 g/mol. The van der Waals surface area contributed by atoms with E-state index in [2.05, 4.69) is 38.6 Å². The lowest BCUT2D eigenvalue weighted by Gasteiger charge is -2.49. The normalized spacial score (nSPS) is 47.9. The molecule has 3 saturated heterocycles. The van der Waals surface area contributed by atoms with Crippen molar-refractivity contribution in [2.45, 2.75) is 134 Å². The van der Waals surface area contributed by atoms with Crippen molar-refractivity contribution in [3.63, 3.8) is 0 Å². The molecule has 0 aromatic heterocycles. The second kappa shape index (κ2) is 13.9. The van der Waals surface area contributed by atoms with E-state index >= 15 is 4.39 Å². The Balaban J connectivity index is 1.13. The maximum atomic E-state index is 15.9. The number of hydrogen-bond donors (Lipinski definition) is 5. The van der Waals surface area contributed by atoms with Crippen molar-refractivity contribution < 1.29 is 39.8 Å². The van der Waals surface area contributed by atoms with E-state index in [1.165, 1.54) is 11.8 Å². The van der Waals surface area contributed by atoms with Crippen LogP contribution in [0.3, 0.4) is 0 Å². The molecular weight excluding hydrogens is 643 g/mol. The van der Waals surface area contributed by atoms with Crippen LogP contribution in [0.1, 0.15) is 51.9 Å². The highest BCUT2D eigenvalue weighted by Gasteiger charge is 2.69. The van der Waals surface area contributed by atoms with Gasteiger partial charge in [-0.15, -0.1) is 11.8 Å². The largest absolute Gasteiger partial charge is 0.379 e. The van der Waals surface area contributed by atoms with E-state index in [1.807, 2.05) is 0 Å². The van der Waals surface area contributed by atoms with E-state index in [1.54, 1.807) is 7.11 Å². The highest BCUT2D eigenvalue weighted by atomic mass is 32.2. The fourth-order valence-electron chi connectivity index (χ4n) is 8.04. The van der Waals surface area contributed by atoms with Crippen LogP contribution in [0.5, 0.6) is 0 Å². The lowest BCUT2D eigenvalue weighted by Crippen LogP contribution is -2.75. The van der Waals surface area contributed by atoms with Gasteiger partial charge in [0.2, 0.25) is 0 Å². The maximum Gasteiger partial charge on any atom is 0.159 e. The molecule has 0 bridgehead atoms. The van der Waals surface area contributed by atoms with Gasteiger partial charge in [0.25, 0.3) is 0 Å². The summed E-state index contributed by atoms with van der Waals surface area (Å²) in [5.74, 6) is -1.91. The van der Waals surface area contributed by atoms with E-state index in [0.29, 0.717) is 26.3 Å². The van der Waals surface area contributed by atoms with Gasteiger partial charge in [0.1, 0.15) is 42.5 Å². The number of nitrogens with one attached hydrogen (secondary N) is 5. The van der Waals surface area contributed by atoms with Crippen molar-refractivity contribution in [2.24, 2.45) is 5.92 Å². The number of alkyl halides is 5. The number of ether oxygens (including phenoxy) is 2. The van der Waals surface area contributed by atoms with Crippen molar-refractivity contribution in [3.05, 3.63) is 0 Å². The third kappa shape index (κ3) is 6.78. The van der Waals surface area contributed by atoms with Gasteiger partial charge in [0, 0.05) is 43.8 Å². The number of hydrogen-bond acceptors (Lipinski definition) is 11. The van der Waals surface area contributed by atoms with E-state index in [0.717, 1.165) is 6.42 Å². The number of methoxy groups -OCH3 is 1. The summed E-state index contributed by atoms with van der Waals surface area (Å²) in [6.07, 6.45) is -11.8. The second-order valence-electron chi connectivity index (χ2n) is 13.5. The molecule has 0 aromatic rings. The Labute approximate surface area is 266 Å². The molecule has 45 heavy (non-hydrogen) atoms. The number of thioether (sulfide) groups is 1. The number of morpholine rings is 1. The van der Waals surface area contributed by atoms with Crippen molar-refractivity contribution in [2.75, 3.05) is 33.4 Å². The summed E-state index contributed by atoms with van der Waals surface area (Å²) in [7, 11) is -2.61. The van der Waals surface area contributed by atoms with E-state index in [4.69, 9.17) is 9.47 Å². The Morgan fingerprint density at radius 3 is 2.20 bits per heavy atom. The first kappa shape index (κ1) is 34.5. The molecule has 3 aliphatic heterocycles. The SMILES string of the molecule is COC1C(NC2CC(C)NN2)NC(SC2CCC(S(=O)(=O)C3(C4C(F)C(F)CC(F)C4F)CC3)CC2F)NC1N1CCOCC1. The molecule has 6 fully saturated rings. The first-order chi connectivity index (χ1) is 21.4. The van der Waals surface area contributed by atoms with E-state index in [9.17, 15) is 26.0 Å². The molecule has 0 radical (unpaired) electrons. The lowest BCUT2D eigenvalue weighted by molar-refractivity contribution is -0.0829. The quantitative estimate of drug-likeness (QED) is 0.227.